The maximum Gasteiger partial charge on any atom is 0.0796 e. The van der Waals surface area contributed by atoms with Crippen LogP contribution in [0.4, 0.5) is 0 Å². The minimum absolute atomic E-state index is 0.196. The van der Waals surface area contributed by atoms with E-state index in [9.17, 15) is 0 Å². The van der Waals surface area contributed by atoms with Gasteiger partial charge in [0.1, 0.15) is 0 Å². The highest BCUT2D eigenvalue weighted by atomic mass is 35.5. The lowest BCUT2D eigenvalue weighted by molar-refractivity contribution is 0.0630. The van der Waals surface area contributed by atoms with E-state index >= 15 is 0 Å². The third kappa shape index (κ3) is 5.19. The fourth-order valence-corrected chi connectivity index (χ4v) is 1.64. The first-order chi connectivity index (χ1) is 7.34. The van der Waals surface area contributed by atoms with Crippen molar-refractivity contribution in [2.24, 2.45) is 0 Å². The van der Waals surface area contributed by atoms with Crippen LogP contribution in [0, 0.1) is 0 Å². The molecule has 2 heteroatoms. The number of ether oxygens (including phenoxy) is 1. The molecule has 0 aromatic heterocycles. The van der Waals surface area contributed by atoms with Gasteiger partial charge < -0.3 is 4.74 Å². The molecular weight excluding hydrogens is 208 g/mol. The number of alkyl halides is 1. The van der Waals surface area contributed by atoms with Gasteiger partial charge in [-0.25, -0.2) is 0 Å². The summed E-state index contributed by atoms with van der Waals surface area (Å²) in [6.07, 6.45) is 3.54. The molecule has 0 saturated carbocycles. The summed E-state index contributed by atoms with van der Waals surface area (Å²) in [5, 5.41) is 0. The van der Waals surface area contributed by atoms with Gasteiger partial charge in [-0.3, -0.25) is 0 Å². The zero-order valence-electron chi connectivity index (χ0n) is 9.29. The Kier molecular flexibility index (Phi) is 6.45. The predicted molar refractivity (Wildman–Crippen MR) is 65.4 cm³/mol. The maximum absolute atomic E-state index is 5.73. The number of halogens is 1. The average molecular weight is 227 g/mol. The van der Waals surface area contributed by atoms with Crippen LogP contribution in [-0.4, -0.2) is 12.5 Å². The van der Waals surface area contributed by atoms with Crippen LogP contribution in [0.5, 0.6) is 0 Å². The molecule has 0 aliphatic rings. The first-order valence-corrected chi connectivity index (χ1v) is 6.10. The molecule has 0 radical (unpaired) electrons. The van der Waals surface area contributed by atoms with E-state index in [1.54, 1.807) is 0 Å². The largest absolute Gasteiger partial charge is 0.374 e. The lowest BCUT2D eigenvalue weighted by atomic mass is 10.1. The first kappa shape index (κ1) is 12.5. The van der Waals surface area contributed by atoms with Gasteiger partial charge >= 0.3 is 0 Å². The van der Waals surface area contributed by atoms with Crippen molar-refractivity contribution in [2.75, 3.05) is 12.5 Å². The van der Waals surface area contributed by atoms with Crippen LogP contribution in [0.3, 0.4) is 0 Å². The number of hydrogen-bond donors (Lipinski definition) is 0. The Bertz CT molecular complexity index is 248. The number of unbranched alkanes of at least 4 members (excludes halogenated alkanes) is 2. The minimum atomic E-state index is 0.196. The van der Waals surface area contributed by atoms with E-state index < -0.39 is 0 Å². The highest BCUT2D eigenvalue weighted by Gasteiger charge is 2.03. The van der Waals surface area contributed by atoms with E-state index in [1.807, 2.05) is 18.2 Å². The van der Waals surface area contributed by atoms with Crippen molar-refractivity contribution in [3.05, 3.63) is 35.9 Å². The summed E-state index contributed by atoms with van der Waals surface area (Å²) >= 11 is 5.60. The Balaban J connectivity index is 2.16. The molecule has 0 aliphatic carbocycles. The Morgan fingerprint density at radius 2 is 1.87 bits per heavy atom. The van der Waals surface area contributed by atoms with E-state index in [2.05, 4.69) is 19.1 Å². The average Bonchev–Trinajstić information content (AvgIpc) is 2.30. The quantitative estimate of drug-likeness (QED) is 0.501. The Labute approximate surface area is 97.4 Å². The number of rotatable bonds is 7. The number of hydrogen-bond acceptors (Lipinski definition) is 1. The smallest absolute Gasteiger partial charge is 0.0796 e. The van der Waals surface area contributed by atoms with Crippen molar-refractivity contribution >= 4 is 11.6 Å². The fourth-order valence-electron chi connectivity index (χ4n) is 1.45. The molecule has 0 aliphatic heterocycles. The second kappa shape index (κ2) is 7.72. The van der Waals surface area contributed by atoms with E-state index in [0.29, 0.717) is 0 Å². The Hall–Kier alpha value is -0.530. The number of benzene rings is 1. The van der Waals surface area contributed by atoms with Crippen molar-refractivity contribution in [3.63, 3.8) is 0 Å². The normalized spacial score (nSPS) is 12.7. The summed E-state index contributed by atoms with van der Waals surface area (Å²) < 4.78 is 5.73. The summed E-state index contributed by atoms with van der Waals surface area (Å²) in [4.78, 5) is 0. The predicted octanol–water partition coefficient (Wildman–Crippen LogP) is 4.17. The van der Waals surface area contributed by atoms with E-state index in [0.717, 1.165) is 31.7 Å². The summed E-state index contributed by atoms with van der Waals surface area (Å²) in [7, 11) is 0. The van der Waals surface area contributed by atoms with Crippen LogP contribution in [0.15, 0.2) is 30.3 Å². The molecule has 0 fully saturated rings. The van der Waals surface area contributed by atoms with Gasteiger partial charge in [-0.05, 0) is 31.7 Å². The van der Waals surface area contributed by atoms with Crippen molar-refractivity contribution in [1.82, 2.24) is 0 Å². The van der Waals surface area contributed by atoms with Crippen molar-refractivity contribution < 1.29 is 4.74 Å². The van der Waals surface area contributed by atoms with Gasteiger partial charge in [0, 0.05) is 12.5 Å². The van der Waals surface area contributed by atoms with Crippen molar-refractivity contribution in [1.29, 1.82) is 0 Å². The Morgan fingerprint density at radius 3 is 2.53 bits per heavy atom. The van der Waals surface area contributed by atoms with Crippen LogP contribution in [0.25, 0.3) is 0 Å². The third-order valence-electron chi connectivity index (χ3n) is 2.41. The molecule has 1 nitrogen and oxygen atoms in total. The van der Waals surface area contributed by atoms with Gasteiger partial charge in [0.15, 0.2) is 0 Å². The molecule has 15 heavy (non-hydrogen) atoms. The monoisotopic (exact) mass is 226 g/mol. The summed E-state index contributed by atoms with van der Waals surface area (Å²) in [6.45, 7) is 2.92. The second-order valence-electron chi connectivity index (χ2n) is 3.67. The molecule has 0 heterocycles. The second-order valence-corrected chi connectivity index (χ2v) is 4.05. The topological polar surface area (TPSA) is 9.23 Å². The van der Waals surface area contributed by atoms with Gasteiger partial charge in [0.25, 0.3) is 0 Å². The third-order valence-corrected chi connectivity index (χ3v) is 2.68. The first-order valence-electron chi connectivity index (χ1n) is 5.57. The van der Waals surface area contributed by atoms with Crippen LogP contribution < -0.4 is 0 Å². The van der Waals surface area contributed by atoms with Crippen LogP contribution in [0.1, 0.15) is 37.9 Å². The van der Waals surface area contributed by atoms with Crippen LogP contribution in [-0.2, 0) is 4.74 Å². The maximum atomic E-state index is 5.73. The zero-order chi connectivity index (χ0) is 10.9. The molecule has 1 atom stereocenters. The SMILES string of the molecule is CC(OCCCCCCl)c1ccccc1. The molecule has 1 aromatic carbocycles. The summed E-state index contributed by atoms with van der Waals surface area (Å²) in [5.74, 6) is 0.758. The molecular formula is C13H19ClO. The van der Waals surface area contributed by atoms with Gasteiger partial charge in [-0.2, -0.15) is 0 Å². The van der Waals surface area contributed by atoms with Gasteiger partial charge in [-0.15, -0.1) is 11.6 Å². The minimum Gasteiger partial charge on any atom is -0.374 e. The molecule has 1 aromatic rings. The molecule has 0 amide bonds. The van der Waals surface area contributed by atoms with Gasteiger partial charge in [-0.1, -0.05) is 30.3 Å². The highest BCUT2D eigenvalue weighted by Crippen LogP contribution is 2.16. The fraction of sp³-hybridized carbons (Fsp3) is 0.538. The Morgan fingerprint density at radius 1 is 1.13 bits per heavy atom. The zero-order valence-corrected chi connectivity index (χ0v) is 10.0. The molecule has 0 spiro atoms. The van der Waals surface area contributed by atoms with E-state index in [-0.39, 0.29) is 6.10 Å². The summed E-state index contributed by atoms with van der Waals surface area (Å²) in [6, 6.07) is 10.3. The van der Waals surface area contributed by atoms with E-state index in [1.165, 1.54) is 5.56 Å². The molecule has 0 saturated heterocycles. The molecule has 0 N–H and O–H groups in total. The van der Waals surface area contributed by atoms with Crippen LogP contribution in [0.2, 0.25) is 0 Å². The lowest BCUT2D eigenvalue weighted by Crippen LogP contribution is -2.01. The lowest BCUT2D eigenvalue weighted by Gasteiger charge is -2.12. The highest BCUT2D eigenvalue weighted by molar-refractivity contribution is 6.17. The summed E-state index contributed by atoms with van der Waals surface area (Å²) in [5.41, 5.74) is 1.25. The van der Waals surface area contributed by atoms with Crippen LogP contribution >= 0.6 is 11.6 Å². The molecule has 0 bridgehead atoms. The van der Waals surface area contributed by atoms with Gasteiger partial charge in [0.2, 0.25) is 0 Å². The standard InChI is InChI=1S/C13H19ClO/c1-12(13-8-4-2-5-9-13)15-11-7-3-6-10-14/h2,4-5,8-9,12H,3,6-7,10-11H2,1H3. The van der Waals surface area contributed by atoms with Gasteiger partial charge in [0.05, 0.1) is 6.10 Å². The van der Waals surface area contributed by atoms with E-state index in [4.69, 9.17) is 16.3 Å². The molecule has 1 unspecified atom stereocenters. The molecule has 1 rings (SSSR count). The van der Waals surface area contributed by atoms with Crippen molar-refractivity contribution in [2.45, 2.75) is 32.3 Å². The van der Waals surface area contributed by atoms with Crippen molar-refractivity contribution in [3.8, 4) is 0 Å². The molecule has 84 valence electrons.